The number of nitrogens with two attached hydrogens (primary N) is 1. The van der Waals surface area contributed by atoms with Crippen LogP contribution in [0.4, 0.5) is 5.95 Å². The molecule has 0 unspecified atom stereocenters. The molecule has 2 rings (SSSR count). The Balaban J connectivity index is 2.29. The second kappa shape index (κ2) is 5.64. The third-order valence-electron chi connectivity index (χ3n) is 2.63. The smallest absolute Gasteiger partial charge is 0.241 e. The molecular formula is C13H18N4O. The summed E-state index contributed by atoms with van der Waals surface area (Å²) in [6, 6.07) is 7.72. The van der Waals surface area contributed by atoms with Crippen molar-refractivity contribution in [3.8, 4) is 5.88 Å². The number of hydrogen-bond acceptors (Lipinski definition) is 5. The van der Waals surface area contributed by atoms with E-state index in [1.54, 1.807) is 0 Å². The van der Waals surface area contributed by atoms with Gasteiger partial charge in [-0.2, -0.15) is 4.98 Å². The van der Waals surface area contributed by atoms with E-state index in [0.717, 1.165) is 17.3 Å². The molecule has 0 atom stereocenters. The van der Waals surface area contributed by atoms with Crippen LogP contribution in [0.2, 0.25) is 0 Å². The number of nitrogens with zero attached hydrogens (tertiary/aromatic N) is 2. The number of para-hydroxylation sites is 1. The largest absolute Gasteiger partial charge is 0.477 e. The molecule has 5 heteroatoms. The molecule has 0 saturated carbocycles. The van der Waals surface area contributed by atoms with Crippen molar-refractivity contribution >= 4 is 16.9 Å². The third-order valence-corrected chi connectivity index (χ3v) is 2.63. The predicted octanol–water partition coefficient (Wildman–Crippen LogP) is 2.34. The van der Waals surface area contributed by atoms with E-state index in [-0.39, 0.29) is 0 Å². The molecule has 0 amide bonds. The van der Waals surface area contributed by atoms with Gasteiger partial charge in [-0.15, -0.1) is 0 Å². The fourth-order valence-corrected chi connectivity index (χ4v) is 1.61. The van der Waals surface area contributed by atoms with E-state index < -0.39 is 0 Å². The van der Waals surface area contributed by atoms with Gasteiger partial charge in [-0.3, -0.25) is 5.43 Å². The van der Waals surface area contributed by atoms with Crippen LogP contribution in [0.3, 0.4) is 0 Å². The summed E-state index contributed by atoms with van der Waals surface area (Å²) >= 11 is 0. The normalized spacial score (nSPS) is 10.9. The van der Waals surface area contributed by atoms with Gasteiger partial charge in [-0.05, 0) is 24.5 Å². The number of nitrogens with one attached hydrogen (secondary N) is 1. The summed E-state index contributed by atoms with van der Waals surface area (Å²) in [6.07, 6.45) is 0.990. The minimum Gasteiger partial charge on any atom is -0.477 e. The van der Waals surface area contributed by atoms with Gasteiger partial charge in [0, 0.05) is 0 Å². The van der Waals surface area contributed by atoms with Crippen molar-refractivity contribution in [2.75, 3.05) is 12.0 Å². The Morgan fingerprint density at radius 3 is 2.78 bits per heavy atom. The van der Waals surface area contributed by atoms with Crippen molar-refractivity contribution in [3.05, 3.63) is 24.3 Å². The molecule has 1 heterocycles. The summed E-state index contributed by atoms with van der Waals surface area (Å²) in [7, 11) is 0. The Kier molecular flexibility index (Phi) is 3.94. The number of aromatic nitrogens is 2. The summed E-state index contributed by atoms with van der Waals surface area (Å²) in [4.78, 5) is 8.52. The summed E-state index contributed by atoms with van der Waals surface area (Å²) < 4.78 is 5.73. The van der Waals surface area contributed by atoms with E-state index in [0.29, 0.717) is 24.4 Å². The molecule has 0 aliphatic heterocycles. The lowest BCUT2D eigenvalue weighted by molar-refractivity contribution is 0.283. The Labute approximate surface area is 106 Å². The average molecular weight is 246 g/mol. The summed E-state index contributed by atoms with van der Waals surface area (Å²) in [5.74, 6) is 6.90. The second-order valence-electron chi connectivity index (χ2n) is 4.54. The quantitative estimate of drug-likeness (QED) is 0.625. The fourth-order valence-electron chi connectivity index (χ4n) is 1.61. The van der Waals surface area contributed by atoms with Crippen molar-refractivity contribution in [3.63, 3.8) is 0 Å². The van der Waals surface area contributed by atoms with Crippen LogP contribution in [0.5, 0.6) is 5.88 Å². The molecule has 0 aliphatic rings. The van der Waals surface area contributed by atoms with Crippen LogP contribution in [-0.4, -0.2) is 16.6 Å². The van der Waals surface area contributed by atoms with Gasteiger partial charge in [0.05, 0.1) is 17.5 Å². The Morgan fingerprint density at radius 1 is 1.28 bits per heavy atom. The topological polar surface area (TPSA) is 73.1 Å². The van der Waals surface area contributed by atoms with E-state index >= 15 is 0 Å². The number of hydrogen-bond donors (Lipinski definition) is 2. The molecule has 0 bridgehead atoms. The zero-order valence-corrected chi connectivity index (χ0v) is 10.7. The first kappa shape index (κ1) is 12.6. The van der Waals surface area contributed by atoms with Gasteiger partial charge < -0.3 is 4.74 Å². The van der Waals surface area contributed by atoms with Crippen LogP contribution < -0.4 is 16.0 Å². The Hall–Kier alpha value is -1.88. The van der Waals surface area contributed by atoms with E-state index in [9.17, 15) is 0 Å². The summed E-state index contributed by atoms with van der Waals surface area (Å²) in [5, 5.41) is 0.903. The molecule has 5 nitrogen and oxygen atoms in total. The Morgan fingerprint density at radius 2 is 2.06 bits per heavy atom. The van der Waals surface area contributed by atoms with E-state index in [1.165, 1.54) is 0 Å². The molecule has 0 spiro atoms. The number of nitrogen functional groups attached to an aromatic ring is 1. The predicted molar refractivity (Wildman–Crippen MR) is 72.3 cm³/mol. The first-order chi connectivity index (χ1) is 8.70. The average Bonchev–Trinajstić information content (AvgIpc) is 2.38. The number of benzene rings is 1. The van der Waals surface area contributed by atoms with E-state index in [4.69, 9.17) is 10.6 Å². The van der Waals surface area contributed by atoms with Gasteiger partial charge in [-0.25, -0.2) is 10.8 Å². The SMILES string of the molecule is CC(C)CCOc1nc(NN)nc2ccccc12. The van der Waals surface area contributed by atoms with Crippen LogP contribution in [-0.2, 0) is 0 Å². The first-order valence-electron chi connectivity index (χ1n) is 6.07. The molecule has 18 heavy (non-hydrogen) atoms. The molecule has 0 fully saturated rings. The minimum absolute atomic E-state index is 0.369. The van der Waals surface area contributed by atoms with Crippen molar-refractivity contribution in [1.82, 2.24) is 9.97 Å². The molecule has 0 saturated heterocycles. The highest BCUT2D eigenvalue weighted by Gasteiger charge is 2.08. The standard InChI is InChI=1S/C13H18N4O/c1-9(2)7-8-18-12-10-5-3-4-6-11(10)15-13(16-12)17-14/h3-6,9H,7-8,14H2,1-2H3,(H,15,16,17). The minimum atomic E-state index is 0.369. The second-order valence-corrected chi connectivity index (χ2v) is 4.54. The van der Waals surface area contributed by atoms with Crippen molar-refractivity contribution in [2.24, 2.45) is 11.8 Å². The highest BCUT2D eigenvalue weighted by Crippen LogP contribution is 2.23. The van der Waals surface area contributed by atoms with Crippen LogP contribution in [0, 0.1) is 5.92 Å². The lowest BCUT2D eigenvalue weighted by Gasteiger charge is -2.10. The van der Waals surface area contributed by atoms with Crippen LogP contribution in [0.1, 0.15) is 20.3 Å². The lowest BCUT2D eigenvalue weighted by Crippen LogP contribution is -2.12. The number of fused-ring (bicyclic) bond motifs is 1. The van der Waals surface area contributed by atoms with Gasteiger partial charge >= 0.3 is 0 Å². The van der Waals surface area contributed by atoms with Gasteiger partial charge in [0.15, 0.2) is 0 Å². The van der Waals surface area contributed by atoms with E-state index in [1.807, 2.05) is 24.3 Å². The molecule has 1 aromatic carbocycles. The summed E-state index contributed by atoms with van der Waals surface area (Å²) in [6.45, 7) is 4.96. The van der Waals surface area contributed by atoms with Gasteiger partial charge in [-0.1, -0.05) is 26.0 Å². The molecule has 0 aliphatic carbocycles. The van der Waals surface area contributed by atoms with Crippen molar-refractivity contribution < 1.29 is 4.74 Å². The van der Waals surface area contributed by atoms with Crippen molar-refractivity contribution in [1.29, 1.82) is 0 Å². The Bertz CT molecular complexity index is 527. The molecule has 1 aromatic heterocycles. The monoisotopic (exact) mass is 246 g/mol. The fraction of sp³-hybridized carbons (Fsp3) is 0.385. The summed E-state index contributed by atoms with van der Waals surface area (Å²) in [5.41, 5.74) is 3.28. The van der Waals surface area contributed by atoms with Crippen LogP contribution in [0.25, 0.3) is 10.9 Å². The number of hydrazine groups is 1. The highest BCUT2D eigenvalue weighted by molar-refractivity contribution is 5.84. The number of rotatable bonds is 5. The molecule has 3 N–H and O–H groups in total. The number of ether oxygens (including phenoxy) is 1. The maximum Gasteiger partial charge on any atom is 0.241 e. The van der Waals surface area contributed by atoms with Crippen LogP contribution in [0.15, 0.2) is 24.3 Å². The van der Waals surface area contributed by atoms with Crippen molar-refractivity contribution in [2.45, 2.75) is 20.3 Å². The van der Waals surface area contributed by atoms with Gasteiger partial charge in [0.2, 0.25) is 11.8 Å². The first-order valence-corrected chi connectivity index (χ1v) is 6.07. The molecule has 0 radical (unpaired) electrons. The van der Waals surface area contributed by atoms with E-state index in [2.05, 4.69) is 29.2 Å². The maximum absolute atomic E-state index is 5.73. The molecular weight excluding hydrogens is 228 g/mol. The zero-order valence-electron chi connectivity index (χ0n) is 10.7. The molecule has 96 valence electrons. The zero-order chi connectivity index (χ0) is 13.0. The van der Waals surface area contributed by atoms with Crippen LogP contribution >= 0.6 is 0 Å². The highest BCUT2D eigenvalue weighted by atomic mass is 16.5. The maximum atomic E-state index is 5.73. The van der Waals surface area contributed by atoms with Gasteiger partial charge in [0.25, 0.3) is 0 Å². The third kappa shape index (κ3) is 2.87. The lowest BCUT2D eigenvalue weighted by atomic mass is 10.1. The molecule has 2 aromatic rings. The van der Waals surface area contributed by atoms with Gasteiger partial charge in [0.1, 0.15) is 0 Å². The number of anilines is 1.